The van der Waals surface area contributed by atoms with Crippen molar-refractivity contribution >= 4 is 40.3 Å². The van der Waals surface area contributed by atoms with Gasteiger partial charge in [-0.2, -0.15) is 0 Å². The van der Waals surface area contributed by atoms with Crippen molar-refractivity contribution < 1.29 is 14.3 Å². The Labute approximate surface area is 181 Å². The first-order valence-corrected chi connectivity index (χ1v) is 10.9. The third-order valence-corrected chi connectivity index (χ3v) is 6.03. The number of hydrogen-bond donors (Lipinski definition) is 0. The molecule has 0 unspecified atom stereocenters. The minimum atomic E-state index is -0.0303. The molecule has 2 aromatic carbocycles. The number of benzene rings is 2. The molecule has 1 aliphatic rings. The van der Waals surface area contributed by atoms with Gasteiger partial charge < -0.3 is 9.47 Å². The number of amides is 1. The second-order valence-corrected chi connectivity index (χ2v) is 8.47. The maximum Gasteiger partial charge on any atom is 0.266 e. The molecule has 3 rings (SSSR count). The van der Waals surface area contributed by atoms with Gasteiger partial charge in [-0.05, 0) is 67.8 Å². The Morgan fingerprint density at radius 3 is 2.41 bits per heavy atom. The van der Waals surface area contributed by atoms with Crippen LogP contribution in [0.15, 0.2) is 47.4 Å². The SMILES string of the molecule is CCN1C(=O)/C(=C/c2cccc(OCCCOc3ccc(C)c(C)c3)c2)SC1=S. The van der Waals surface area contributed by atoms with Crippen LogP contribution in [0.2, 0.25) is 0 Å². The number of hydrogen-bond acceptors (Lipinski definition) is 5. The van der Waals surface area contributed by atoms with E-state index in [-0.39, 0.29) is 5.91 Å². The summed E-state index contributed by atoms with van der Waals surface area (Å²) < 4.78 is 12.2. The summed E-state index contributed by atoms with van der Waals surface area (Å²) in [6, 6.07) is 13.8. The van der Waals surface area contributed by atoms with Gasteiger partial charge in [0.2, 0.25) is 0 Å². The molecule has 0 bridgehead atoms. The second kappa shape index (κ2) is 9.94. The molecule has 1 saturated heterocycles. The summed E-state index contributed by atoms with van der Waals surface area (Å²) in [5.41, 5.74) is 3.41. The van der Waals surface area contributed by atoms with Crippen LogP contribution in [0.4, 0.5) is 0 Å². The molecule has 1 amide bonds. The zero-order valence-corrected chi connectivity index (χ0v) is 18.6. The average molecular weight is 428 g/mol. The molecular formula is C23H25NO3S2. The summed E-state index contributed by atoms with van der Waals surface area (Å²) in [6.07, 6.45) is 2.65. The van der Waals surface area contributed by atoms with E-state index < -0.39 is 0 Å². The molecule has 1 fully saturated rings. The first-order valence-electron chi connectivity index (χ1n) is 9.66. The van der Waals surface area contributed by atoms with E-state index in [2.05, 4.69) is 26.0 Å². The summed E-state index contributed by atoms with van der Waals surface area (Å²) in [5.74, 6) is 1.63. The van der Waals surface area contributed by atoms with E-state index in [0.29, 0.717) is 29.0 Å². The molecule has 1 heterocycles. The van der Waals surface area contributed by atoms with Gasteiger partial charge in [-0.25, -0.2) is 0 Å². The van der Waals surface area contributed by atoms with Gasteiger partial charge in [0.15, 0.2) is 0 Å². The van der Waals surface area contributed by atoms with E-state index in [4.69, 9.17) is 21.7 Å². The molecule has 1 aliphatic heterocycles. The van der Waals surface area contributed by atoms with Crippen LogP contribution in [-0.4, -0.2) is 34.9 Å². The Bertz CT molecular complexity index is 939. The van der Waals surface area contributed by atoms with Crippen LogP contribution >= 0.6 is 24.0 Å². The van der Waals surface area contributed by atoms with Gasteiger partial charge in [0.1, 0.15) is 15.8 Å². The van der Waals surface area contributed by atoms with Crippen molar-refractivity contribution in [3.05, 3.63) is 64.1 Å². The summed E-state index contributed by atoms with van der Waals surface area (Å²) in [5, 5.41) is 0. The first kappa shape index (κ1) is 21.4. The molecule has 0 aromatic heterocycles. The number of carbonyl (C=O) groups excluding carboxylic acids is 1. The third-order valence-electron chi connectivity index (χ3n) is 4.65. The predicted octanol–water partition coefficient (Wildman–Crippen LogP) is 5.37. The average Bonchev–Trinajstić information content (AvgIpc) is 2.97. The highest BCUT2D eigenvalue weighted by Gasteiger charge is 2.30. The van der Waals surface area contributed by atoms with Crippen molar-refractivity contribution in [2.45, 2.75) is 27.2 Å². The Morgan fingerprint density at radius 2 is 1.76 bits per heavy atom. The molecular weight excluding hydrogens is 402 g/mol. The number of likely N-dealkylation sites (N-methyl/N-ethyl adjacent to an activating group) is 1. The molecule has 0 N–H and O–H groups in total. The van der Waals surface area contributed by atoms with Crippen LogP contribution in [-0.2, 0) is 4.79 Å². The van der Waals surface area contributed by atoms with E-state index >= 15 is 0 Å². The molecule has 6 heteroatoms. The summed E-state index contributed by atoms with van der Waals surface area (Å²) in [6.45, 7) is 7.85. The number of carbonyl (C=O) groups is 1. The highest BCUT2D eigenvalue weighted by Crippen LogP contribution is 2.32. The van der Waals surface area contributed by atoms with Crippen molar-refractivity contribution in [3.63, 3.8) is 0 Å². The first-order chi connectivity index (χ1) is 14.0. The summed E-state index contributed by atoms with van der Waals surface area (Å²) in [7, 11) is 0. The van der Waals surface area contributed by atoms with E-state index in [0.717, 1.165) is 23.5 Å². The van der Waals surface area contributed by atoms with Gasteiger partial charge >= 0.3 is 0 Å². The zero-order valence-electron chi connectivity index (χ0n) is 16.9. The lowest BCUT2D eigenvalue weighted by Gasteiger charge is -2.10. The topological polar surface area (TPSA) is 38.8 Å². The number of aryl methyl sites for hydroxylation is 2. The van der Waals surface area contributed by atoms with Crippen molar-refractivity contribution in [1.29, 1.82) is 0 Å². The van der Waals surface area contributed by atoms with E-state index in [9.17, 15) is 4.79 Å². The van der Waals surface area contributed by atoms with Crippen LogP contribution in [0, 0.1) is 13.8 Å². The molecule has 0 atom stereocenters. The Balaban J connectivity index is 1.50. The molecule has 0 saturated carbocycles. The van der Waals surface area contributed by atoms with Gasteiger partial charge in [-0.3, -0.25) is 9.69 Å². The Hall–Kier alpha value is -2.31. The van der Waals surface area contributed by atoms with Gasteiger partial charge in [0.05, 0.1) is 18.1 Å². The standard InChI is InChI=1S/C23H25NO3S2/c1-4-24-22(25)21(29-23(24)28)15-18-7-5-8-19(14-18)26-11-6-12-27-20-10-9-16(2)17(3)13-20/h5,7-10,13-15H,4,6,11-12H2,1-3H3/b21-15-. The molecule has 2 aromatic rings. The number of ether oxygens (including phenoxy) is 2. The second-order valence-electron chi connectivity index (χ2n) is 6.80. The van der Waals surface area contributed by atoms with E-state index in [1.54, 1.807) is 4.90 Å². The number of rotatable bonds is 8. The highest BCUT2D eigenvalue weighted by atomic mass is 32.2. The van der Waals surface area contributed by atoms with E-state index in [1.165, 1.54) is 22.9 Å². The molecule has 0 spiro atoms. The fourth-order valence-electron chi connectivity index (χ4n) is 2.86. The van der Waals surface area contributed by atoms with Crippen molar-refractivity contribution in [3.8, 4) is 11.5 Å². The van der Waals surface area contributed by atoms with Gasteiger partial charge in [0.25, 0.3) is 5.91 Å². The number of thioether (sulfide) groups is 1. The highest BCUT2D eigenvalue weighted by molar-refractivity contribution is 8.26. The molecule has 0 aliphatic carbocycles. The smallest absolute Gasteiger partial charge is 0.266 e. The Morgan fingerprint density at radius 1 is 1.03 bits per heavy atom. The van der Waals surface area contributed by atoms with Crippen LogP contribution in [0.3, 0.4) is 0 Å². The van der Waals surface area contributed by atoms with Gasteiger partial charge in [0, 0.05) is 13.0 Å². The lowest BCUT2D eigenvalue weighted by molar-refractivity contribution is -0.121. The van der Waals surface area contributed by atoms with Crippen molar-refractivity contribution in [1.82, 2.24) is 4.90 Å². The van der Waals surface area contributed by atoms with Crippen LogP contribution < -0.4 is 9.47 Å². The maximum atomic E-state index is 12.3. The Kier molecular flexibility index (Phi) is 7.34. The van der Waals surface area contributed by atoms with E-state index in [1.807, 2.05) is 43.3 Å². The molecule has 29 heavy (non-hydrogen) atoms. The minimum Gasteiger partial charge on any atom is -0.493 e. The fraction of sp³-hybridized carbons (Fsp3) is 0.304. The van der Waals surface area contributed by atoms with Crippen LogP contribution in [0.1, 0.15) is 30.0 Å². The quantitative estimate of drug-likeness (QED) is 0.322. The monoisotopic (exact) mass is 427 g/mol. The van der Waals surface area contributed by atoms with Crippen LogP contribution in [0.25, 0.3) is 6.08 Å². The van der Waals surface area contributed by atoms with Gasteiger partial charge in [-0.1, -0.05) is 42.2 Å². The maximum absolute atomic E-state index is 12.3. The lowest BCUT2D eigenvalue weighted by atomic mass is 10.1. The van der Waals surface area contributed by atoms with Crippen molar-refractivity contribution in [2.24, 2.45) is 0 Å². The van der Waals surface area contributed by atoms with Gasteiger partial charge in [-0.15, -0.1) is 0 Å². The molecule has 4 nitrogen and oxygen atoms in total. The third kappa shape index (κ3) is 5.61. The summed E-state index contributed by atoms with van der Waals surface area (Å²) in [4.78, 5) is 14.6. The lowest BCUT2D eigenvalue weighted by Crippen LogP contribution is -2.27. The predicted molar refractivity (Wildman–Crippen MR) is 124 cm³/mol. The molecule has 0 radical (unpaired) electrons. The van der Waals surface area contributed by atoms with Crippen LogP contribution in [0.5, 0.6) is 11.5 Å². The largest absolute Gasteiger partial charge is 0.493 e. The fourth-order valence-corrected chi connectivity index (χ4v) is 4.24. The summed E-state index contributed by atoms with van der Waals surface area (Å²) >= 11 is 6.60. The minimum absolute atomic E-state index is 0.0303. The number of nitrogens with zero attached hydrogens (tertiary/aromatic N) is 1. The number of thiocarbonyl (C=S) groups is 1. The molecule has 152 valence electrons. The zero-order chi connectivity index (χ0) is 20.8. The van der Waals surface area contributed by atoms with Crippen molar-refractivity contribution in [2.75, 3.05) is 19.8 Å². The normalized spacial score (nSPS) is 15.3.